The van der Waals surface area contributed by atoms with Crippen LogP contribution in [0.3, 0.4) is 0 Å². The summed E-state index contributed by atoms with van der Waals surface area (Å²) in [5.41, 5.74) is 3.59. The molecule has 4 rings (SSSR count). The summed E-state index contributed by atoms with van der Waals surface area (Å²) in [6, 6.07) is 13.1. The summed E-state index contributed by atoms with van der Waals surface area (Å²) < 4.78 is 11.1. The number of nitrogens with one attached hydrogen (secondary N) is 1. The van der Waals surface area contributed by atoms with Gasteiger partial charge >= 0.3 is 6.09 Å². The predicted molar refractivity (Wildman–Crippen MR) is 91.9 cm³/mol. The fraction of sp³-hybridized carbons (Fsp3) is 0.250. The summed E-state index contributed by atoms with van der Waals surface area (Å²) in [6.07, 6.45) is 0.117. The lowest BCUT2D eigenvalue weighted by Gasteiger charge is -2.16. The van der Waals surface area contributed by atoms with E-state index in [0.29, 0.717) is 17.1 Å². The van der Waals surface area contributed by atoms with Gasteiger partial charge in [-0.2, -0.15) is 5.26 Å². The second-order valence-electron chi connectivity index (χ2n) is 6.52. The van der Waals surface area contributed by atoms with Crippen molar-refractivity contribution in [1.29, 1.82) is 5.26 Å². The number of hydrogen-bond donors (Lipinski definition) is 1. The Balaban J connectivity index is 1.56. The maximum Gasteiger partial charge on any atom is 0.414 e. The molecule has 6 heteroatoms. The summed E-state index contributed by atoms with van der Waals surface area (Å²) in [5.74, 6) is 0.899. The molecule has 1 fully saturated rings. The number of nitriles is 1. The lowest BCUT2D eigenvalue weighted by atomic mass is 9.95. The molecule has 26 heavy (non-hydrogen) atoms. The number of hydrogen-bond acceptors (Lipinski definition) is 5. The fourth-order valence-corrected chi connectivity index (χ4v) is 3.60. The van der Waals surface area contributed by atoms with Crippen LogP contribution in [0.15, 0.2) is 36.4 Å². The Morgan fingerprint density at radius 2 is 2.08 bits per heavy atom. The summed E-state index contributed by atoms with van der Waals surface area (Å²) in [7, 11) is 0. The highest BCUT2D eigenvalue weighted by molar-refractivity contribution is 6.00. The molecule has 2 aromatic rings. The molecule has 2 amide bonds. The molecule has 0 bridgehead atoms. The highest BCUT2D eigenvalue weighted by Crippen LogP contribution is 2.40. The first-order valence-corrected chi connectivity index (χ1v) is 8.38. The zero-order chi connectivity index (χ0) is 18.3. The fourth-order valence-electron chi connectivity index (χ4n) is 3.60. The number of benzene rings is 2. The molecule has 1 aliphatic carbocycles. The highest BCUT2D eigenvalue weighted by atomic mass is 16.6. The van der Waals surface area contributed by atoms with Gasteiger partial charge in [-0.05, 0) is 66.8 Å². The molecule has 2 aromatic carbocycles. The van der Waals surface area contributed by atoms with Gasteiger partial charge in [0.05, 0.1) is 11.6 Å². The quantitative estimate of drug-likeness (QED) is 0.919. The standard InChI is InChI=1S/C20H16N2O4/c1-11-8-12(10-21)2-7-17(11)25-14-4-6-15-13(9-14)3-5-16(15)18-19(23)22-20(24)26-18/h2,4,6-9,16,18H,3,5H2,1H3,(H,22,23,24)/t16-,18-/m1/s1. The summed E-state index contributed by atoms with van der Waals surface area (Å²) in [5, 5.41) is 11.1. The van der Waals surface area contributed by atoms with Gasteiger partial charge in [-0.15, -0.1) is 0 Å². The van der Waals surface area contributed by atoms with E-state index < -0.39 is 12.2 Å². The minimum absolute atomic E-state index is 0.123. The number of cyclic esters (lactones) is 1. The van der Waals surface area contributed by atoms with Gasteiger partial charge in [0, 0.05) is 5.92 Å². The maximum absolute atomic E-state index is 11.9. The van der Waals surface area contributed by atoms with E-state index in [0.717, 1.165) is 29.5 Å². The molecule has 2 aliphatic rings. The van der Waals surface area contributed by atoms with E-state index in [2.05, 4.69) is 11.4 Å². The first-order chi connectivity index (χ1) is 12.5. The third kappa shape index (κ3) is 2.78. The number of amides is 2. The number of imide groups is 1. The Morgan fingerprint density at radius 1 is 1.23 bits per heavy atom. The number of alkyl carbamates (subject to hydrolysis) is 1. The molecule has 1 saturated heterocycles. The lowest BCUT2D eigenvalue weighted by molar-refractivity contribution is -0.124. The van der Waals surface area contributed by atoms with Crippen LogP contribution in [0.5, 0.6) is 11.5 Å². The molecule has 0 saturated carbocycles. The van der Waals surface area contributed by atoms with Gasteiger partial charge in [0.15, 0.2) is 6.10 Å². The van der Waals surface area contributed by atoms with Crippen LogP contribution in [0.25, 0.3) is 0 Å². The van der Waals surface area contributed by atoms with Gasteiger partial charge < -0.3 is 9.47 Å². The lowest BCUT2D eigenvalue weighted by Crippen LogP contribution is -2.28. The highest BCUT2D eigenvalue weighted by Gasteiger charge is 2.42. The third-order valence-electron chi connectivity index (χ3n) is 4.85. The molecule has 0 unspecified atom stereocenters. The van der Waals surface area contributed by atoms with E-state index in [1.165, 1.54) is 0 Å². The van der Waals surface area contributed by atoms with Crippen molar-refractivity contribution in [1.82, 2.24) is 5.32 Å². The van der Waals surface area contributed by atoms with Crippen molar-refractivity contribution in [3.63, 3.8) is 0 Å². The van der Waals surface area contributed by atoms with Crippen molar-refractivity contribution >= 4 is 12.0 Å². The molecular formula is C20H16N2O4. The minimum Gasteiger partial charge on any atom is -0.457 e. The second kappa shape index (κ2) is 6.19. The van der Waals surface area contributed by atoms with Gasteiger partial charge in [0.2, 0.25) is 0 Å². The van der Waals surface area contributed by atoms with Crippen LogP contribution < -0.4 is 10.1 Å². The van der Waals surface area contributed by atoms with Crippen LogP contribution in [0.4, 0.5) is 4.79 Å². The number of rotatable bonds is 3. The van der Waals surface area contributed by atoms with E-state index in [1.54, 1.807) is 18.2 Å². The zero-order valence-corrected chi connectivity index (χ0v) is 14.1. The third-order valence-corrected chi connectivity index (χ3v) is 4.85. The van der Waals surface area contributed by atoms with Gasteiger partial charge in [-0.1, -0.05) is 6.07 Å². The van der Waals surface area contributed by atoms with E-state index >= 15 is 0 Å². The van der Waals surface area contributed by atoms with Crippen LogP contribution >= 0.6 is 0 Å². The zero-order valence-electron chi connectivity index (χ0n) is 14.1. The molecular weight excluding hydrogens is 332 g/mol. The molecule has 1 heterocycles. The first kappa shape index (κ1) is 16.2. The van der Waals surface area contributed by atoms with Gasteiger partial charge in [0.1, 0.15) is 11.5 Å². The number of fused-ring (bicyclic) bond motifs is 1. The molecule has 0 spiro atoms. The van der Waals surface area contributed by atoms with Gasteiger partial charge in [0.25, 0.3) is 5.91 Å². The molecule has 1 N–H and O–H groups in total. The largest absolute Gasteiger partial charge is 0.457 e. The molecule has 0 aromatic heterocycles. The van der Waals surface area contributed by atoms with Crippen LogP contribution in [-0.2, 0) is 16.0 Å². The molecule has 0 radical (unpaired) electrons. The SMILES string of the molecule is Cc1cc(C#N)ccc1Oc1ccc2c(c1)CC[C@H]2[C@H]1OC(=O)NC1=O. The normalized spacial score (nSPS) is 20.9. The Labute approximate surface area is 150 Å². The van der Waals surface area contributed by atoms with E-state index in [-0.39, 0.29) is 11.8 Å². The topological polar surface area (TPSA) is 88.4 Å². The maximum atomic E-state index is 11.9. The van der Waals surface area contributed by atoms with E-state index in [1.807, 2.05) is 25.1 Å². The van der Waals surface area contributed by atoms with Crippen LogP contribution in [0, 0.1) is 18.3 Å². The Morgan fingerprint density at radius 3 is 2.77 bits per heavy atom. The number of carbonyl (C=O) groups is 2. The molecule has 130 valence electrons. The summed E-state index contributed by atoms with van der Waals surface area (Å²) >= 11 is 0. The number of nitrogens with zero attached hydrogens (tertiary/aromatic N) is 1. The summed E-state index contributed by atoms with van der Waals surface area (Å²) in [6.45, 7) is 1.90. The monoisotopic (exact) mass is 348 g/mol. The predicted octanol–water partition coefficient (Wildman–Crippen LogP) is 3.32. The van der Waals surface area contributed by atoms with Crippen molar-refractivity contribution in [2.45, 2.75) is 31.8 Å². The van der Waals surface area contributed by atoms with Crippen molar-refractivity contribution < 1.29 is 19.1 Å². The van der Waals surface area contributed by atoms with Gasteiger partial charge in [-0.25, -0.2) is 4.79 Å². The average molecular weight is 348 g/mol. The number of aryl methyl sites for hydroxylation is 2. The molecule has 2 atom stereocenters. The Hall–Kier alpha value is -3.33. The van der Waals surface area contributed by atoms with Gasteiger partial charge in [-0.3, -0.25) is 10.1 Å². The first-order valence-electron chi connectivity index (χ1n) is 8.38. The van der Waals surface area contributed by atoms with Crippen LogP contribution in [0.1, 0.15) is 34.6 Å². The van der Waals surface area contributed by atoms with E-state index in [9.17, 15) is 9.59 Å². The minimum atomic E-state index is -0.753. The molecule has 6 nitrogen and oxygen atoms in total. The van der Waals surface area contributed by atoms with Crippen molar-refractivity contribution in [2.24, 2.45) is 0 Å². The van der Waals surface area contributed by atoms with Crippen molar-refractivity contribution in [3.05, 3.63) is 58.7 Å². The number of ether oxygens (including phenoxy) is 2. The van der Waals surface area contributed by atoms with Crippen molar-refractivity contribution in [2.75, 3.05) is 0 Å². The average Bonchev–Trinajstić information content (AvgIpc) is 3.18. The van der Waals surface area contributed by atoms with E-state index in [4.69, 9.17) is 14.7 Å². The number of carbonyl (C=O) groups excluding carboxylic acids is 2. The second-order valence-corrected chi connectivity index (χ2v) is 6.52. The van der Waals surface area contributed by atoms with Crippen molar-refractivity contribution in [3.8, 4) is 17.6 Å². The smallest absolute Gasteiger partial charge is 0.414 e. The summed E-state index contributed by atoms with van der Waals surface area (Å²) in [4.78, 5) is 23.1. The Kier molecular flexibility index (Phi) is 3.85. The Bertz CT molecular complexity index is 961. The van der Waals surface area contributed by atoms with Crippen LogP contribution in [-0.4, -0.2) is 18.1 Å². The molecule has 1 aliphatic heterocycles. The van der Waals surface area contributed by atoms with Crippen LogP contribution in [0.2, 0.25) is 0 Å².